The van der Waals surface area contributed by atoms with E-state index in [2.05, 4.69) is 20.1 Å². The molecule has 44 heavy (non-hydrogen) atoms. The number of sulfone groups is 1. The van der Waals surface area contributed by atoms with Gasteiger partial charge in [0.1, 0.15) is 28.8 Å². The number of halogens is 2. The average Bonchev–Trinajstić information content (AvgIpc) is 3.35. The summed E-state index contributed by atoms with van der Waals surface area (Å²) in [4.78, 5) is 13.3. The fraction of sp³-hybridized carbons (Fsp3) is 0.0938. The van der Waals surface area contributed by atoms with Crippen LogP contribution in [0.4, 0.5) is 20.4 Å². The highest BCUT2D eigenvalue weighted by atomic mass is 32.2. The monoisotopic (exact) mass is 610 g/mol. The zero-order chi connectivity index (χ0) is 31.0. The van der Waals surface area contributed by atoms with Crippen molar-refractivity contribution in [3.8, 4) is 5.95 Å². The molecule has 0 bridgehead atoms. The van der Waals surface area contributed by atoms with Crippen molar-refractivity contribution in [2.24, 2.45) is 0 Å². The fourth-order valence-electron chi connectivity index (χ4n) is 5.15. The molecule has 0 unspecified atom stereocenters. The maximum atomic E-state index is 14.4. The molecule has 0 spiro atoms. The number of benzene rings is 3. The molecule has 12 heteroatoms. The highest BCUT2D eigenvalue weighted by Crippen LogP contribution is 2.34. The summed E-state index contributed by atoms with van der Waals surface area (Å²) in [6.45, 7) is 1.76. The van der Waals surface area contributed by atoms with E-state index in [1.54, 1.807) is 79.7 Å². The van der Waals surface area contributed by atoms with Crippen molar-refractivity contribution in [2.45, 2.75) is 24.0 Å². The first-order chi connectivity index (χ1) is 21.1. The van der Waals surface area contributed by atoms with Gasteiger partial charge in [-0.2, -0.15) is 19.7 Å². The topological polar surface area (TPSA) is 143 Å². The molecule has 6 aromatic rings. The summed E-state index contributed by atoms with van der Waals surface area (Å²) in [5, 5.41) is 4.55. The highest BCUT2D eigenvalue weighted by molar-refractivity contribution is 7.90. The van der Waals surface area contributed by atoms with Crippen LogP contribution < -0.4 is 11.5 Å². The summed E-state index contributed by atoms with van der Waals surface area (Å²) < 4.78 is 56.4. The minimum absolute atomic E-state index is 0.00869. The van der Waals surface area contributed by atoms with Crippen LogP contribution in [0.3, 0.4) is 0 Å². The van der Waals surface area contributed by atoms with Gasteiger partial charge in [-0.05, 0) is 41.8 Å². The standard InChI is InChI=1S/C32H26F2N7O2S/c1-19(24-13-7-5-10-21(24)18-44(42,43)23-11-3-2-4-12-23)28-30(35)38-32(39-31(28)36)41-27-16-22(33)17-37-29(27)26(40-41)15-20-9-6-8-14-25(20)34/h2-14,16-17H,15,18H2,1H3,(H4,35,36,38,39). The largest absolute Gasteiger partial charge is 0.383 e. The summed E-state index contributed by atoms with van der Waals surface area (Å²) in [5.41, 5.74) is 15.7. The van der Waals surface area contributed by atoms with Crippen LogP contribution in [0.2, 0.25) is 0 Å². The Labute approximate surface area is 252 Å². The SMILES string of the molecule is C[C](c1ccccc1CS(=O)(=O)c1ccccc1)c1c(N)nc(-n2nc(Cc3ccccc3F)c3ncc(F)cc32)nc1N. The molecule has 0 saturated carbocycles. The Kier molecular flexibility index (Phi) is 7.52. The van der Waals surface area contributed by atoms with Crippen LogP contribution in [0.1, 0.15) is 34.9 Å². The third-order valence-electron chi connectivity index (χ3n) is 7.26. The fourth-order valence-corrected chi connectivity index (χ4v) is 6.55. The van der Waals surface area contributed by atoms with E-state index in [1.165, 1.54) is 16.8 Å². The Morgan fingerprint density at radius 2 is 1.50 bits per heavy atom. The van der Waals surface area contributed by atoms with Gasteiger partial charge in [-0.1, -0.05) is 60.7 Å². The summed E-state index contributed by atoms with van der Waals surface area (Å²) in [7, 11) is -3.64. The average molecular weight is 611 g/mol. The van der Waals surface area contributed by atoms with Crippen LogP contribution in [-0.4, -0.2) is 33.2 Å². The molecule has 0 aliphatic rings. The molecular formula is C32H26F2N7O2S. The van der Waals surface area contributed by atoms with Crippen molar-refractivity contribution >= 4 is 32.5 Å². The summed E-state index contributed by atoms with van der Waals surface area (Å²) in [5.74, 6) is -0.707. The van der Waals surface area contributed by atoms with Gasteiger partial charge in [0, 0.05) is 24.0 Å². The van der Waals surface area contributed by atoms with Crippen molar-refractivity contribution in [1.29, 1.82) is 0 Å². The predicted molar refractivity (Wildman–Crippen MR) is 163 cm³/mol. The second kappa shape index (κ2) is 11.5. The molecule has 0 atom stereocenters. The predicted octanol–water partition coefficient (Wildman–Crippen LogP) is 5.21. The smallest absolute Gasteiger partial charge is 0.255 e. The van der Waals surface area contributed by atoms with E-state index in [0.29, 0.717) is 39.4 Å². The van der Waals surface area contributed by atoms with E-state index in [4.69, 9.17) is 11.5 Å². The van der Waals surface area contributed by atoms with E-state index < -0.39 is 21.5 Å². The number of fused-ring (bicyclic) bond motifs is 1. The van der Waals surface area contributed by atoms with Crippen LogP contribution in [0.25, 0.3) is 17.0 Å². The minimum atomic E-state index is -3.64. The van der Waals surface area contributed by atoms with Gasteiger partial charge < -0.3 is 11.5 Å². The number of hydrogen-bond acceptors (Lipinski definition) is 8. The lowest BCUT2D eigenvalue weighted by Gasteiger charge is -2.19. The number of aromatic nitrogens is 5. The lowest BCUT2D eigenvalue weighted by Crippen LogP contribution is -2.16. The van der Waals surface area contributed by atoms with Crippen LogP contribution in [-0.2, 0) is 22.0 Å². The Hall–Kier alpha value is -5.23. The summed E-state index contributed by atoms with van der Waals surface area (Å²) in [6.07, 6.45) is 1.15. The number of hydrogen-bond donors (Lipinski definition) is 2. The molecule has 0 amide bonds. The third-order valence-corrected chi connectivity index (χ3v) is 8.94. The van der Waals surface area contributed by atoms with Gasteiger partial charge in [0.15, 0.2) is 9.84 Å². The molecule has 3 aromatic heterocycles. The first kappa shape index (κ1) is 28.9. The summed E-state index contributed by atoms with van der Waals surface area (Å²) >= 11 is 0. The molecule has 0 aliphatic heterocycles. The molecule has 221 valence electrons. The van der Waals surface area contributed by atoms with Crippen molar-refractivity contribution < 1.29 is 17.2 Å². The Morgan fingerprint density at radius 1 is 0.864 bits per heavy atom. The third kappa shape index (κ3) is 5.47. The molecular weight excluding hydrogens is 584 g/mol. The Morgan fingerprint density at radius 3 is 2.20 bits per heavy atom. The van der Waals surface area contributed by atoms with Gasteiger partial charge >= 0.3 is 0 Å². The van der Waals surface area contributed by atoms with Gasteiger partial charge in [0.25, 0.3) is 5.95 Å². The van der Waals surface area contributed by atoms with Crippen molar-refractivity contribution in [3.05, 3.63) is 137 Å². The lowest BCUT2D eigenvalue weighted by molar-refractivity contribution is 0.595. The molecule has 9 nitrogen and oxygen atoms in total. The van der Waals surface area contributed by atoms with E-state index in [9.17, 15) is 17.2 Å². The zero-order valence-corrected chi connectivity index (χ0v) is 24.3. The number of rotatable bonds is 8. The maximum Gasteiger partial charge on any atom is 0.255 e. The van der Waals surface area contributed by atoms with Crippen LogP contribution in [0, 0.1) is 17.6 Å². The van der Waals surface area contributed by atoms with E-state index >= 15 is 0 Å². The molecule has 0 saturated heterocycles. The van der Waals surface area contributed by atoms with E-state index in [1.807, 2.05) is 0 Å². The number of nitrogen functional groups attached to an aromatic ring is 2. The van der Waals surface area contributed by atoms with Gasteiger partial charge in [0.2, 0.25) is 0 Å². The maximum absolute atomic E-state index is 14.4. The van der Waals surface area contributed by atoms with Crippen LogP contribution in [0.5, 0.6) is 0 Å². The summed E-state index contributed by atoms with van der Waals surface area (Å²) in [6, 6.07) is 22.8. The van der Waals surface area contributed by atoms with Crippen molar-refractivity contribution in [3.63, 3.8) is 0 Å². The molecule has 4 N–H and O–H groups in total. The molecule has 6 rings (SSSR count). The van der Waals surface area contributed by atoms with Crippen LogP contribution in [0.15, 0.2) is 96.0 Å². The second-order valence-corrected chi connectivity index (χ2v) is 12.2. The van der Waals surface area contributed by atoms with Gasteiger partial charge in [-0.15, -0.1) is 0 Å². The molecule has 1 radical (unpaired) electrons. The molecule has 0 aliphatic carbocycles. The number of nitrogens with zero attached hydrogens (tertiary/aromatic N) is 5. The van der Waals surface area contributed by atoms with Gasteiger partial charge in [0.05, 0.1) is 28.1 Å². The Balaban J connectivity index is 1.39. The Bertz CT molecular complexity index is 2100. The number of pyridine rings is 1. The van der Waals surface area contributed by atoms with Crippen molar-refractivity contribution in [1.82, 2.24) is 24.7 Å². The van der Waals surface area contributed by atoms with Gasteiger partial charge in [-0.3, -0.25) is 0 Å². The quantitative estimate of drug-likeness (QED) is 0.239. The number of nitrogens with two attached hydrogens (primary N) is 2. The molecule has 0 fully saturated rings. The lowest BCUT2D eigenvalue weighted by atomic mass is 9.90. The first-order valence-electron chi connectivity index (χ1n) is 13.5. The van der Waals surface area contributed by atoms with Gasteiger partial charge in [-0.25, -0.2) is 22.2 Å². The highest BCUT2D eigenvalue weighted by Gasteiger charge is 2.25. The zero-order valence-electron chi connectivity index (χ0n) is 23.4. The molecule has 3 aromatic carbocycles. The first-order valence-corrected chi connectivity index (χ1v) is 15.2. The van der Waals surface area contributed by atoms with Crippen molar-refractivity contribution in [2.75, 3.05) is 11.5 Å². The van der Waals surface area contributed by atoms with Crippen LogP contribution >= 0.6 is 0 Å². The number of anilines is 2. The second-order valence-electron chi connectivity index (χ2n) is 10.2. The van der Waals surface area contributed by atoms with E-state index in [-0.39, 0.29) is 40.2 Å². The van der Waals surface area contributed by atoms with E-state index in [0.717, 1.165) is 6.20 Å². The minimum Gasteiger partial charge on any atom is -0.383 e. The molecule has 3 heterocycles. The normalized spacial score (nSPS) is 11.8.